The van der Waals surface area contributed by atoms with Crippen molar-refractivity contribution in [1.29, 1.82) is 0 Å². The van der Waals surface area contributed by atoms with E-state index in [1.807, 2.05) is 26.0 Å². The Morgan fingerprint density at radius 1 is 0.692 bits per heavy atom. The molecule has 6 heteroatoms. The molecule has 0 saturated carbocycles. The zero-order valence-corrected chi connectivity index (χ0v) is 15.8. The summed E-state index contributed by atoms with van der Waals surface area (Å²) in [5, 5.41) is 0. The molecule has 26 heavy (non-hydrogen) atoms. The van der Waals surface area contributed by atoms with Crippen molar-refractivity contribution in [1.82, 2.24) is 0 Å². The minimum absolute atomic E-state index is 0.256. The van der Waals surface area contributed by atoms with Gasteiger partial charge < -0.3 is 18.9 Å². The van der Waals surface area contributed by atoms with Crippen LogP contribution in [0.15, 0.2) is 24.3 Å². The highest BCUT2D eigenvalue weighted by Crippen LogP contribution is 2.46. The van der Waals surface area contributed by atoms with E-state index >= 15 is 0 Å². The predicted molar refractivity (Wildman–Crippen MR) is 97.1 cm³/mol. The summed E-state index contributed by atoms with van der Waals surface area (Å²) in [5.74, 6) is 0.358. The minimum Gasteiger partial charge on any atom is -0.493 e. The van der Waals surface area contributed by atoms with Crippen molar-refractivity contribution >= 4 is 11.9 Å². The number of carbonyl (C=O) groups excluding carboxylic acids is 2. The first-order valence-corrected chi connectivity index (χ1v) is 8.01. The summed E-state index contributed by atoms with van der Waals surface area (Å²) in [4.78, 5) is 23.2. The molecule has 138 valence electrons. The van der Waals surface area contributed by atoms with Crippen LogP contribution in [0, 0.1) is 13.8 Å². The predicted octanol–water partition coefficient (Wildman–Crippen LogP) is 3.84. The Hall–Kier alpha value is -3.02. The molecular formula is C20H22O6. The Morgan fingerprint density at radius 3 is 1.31 bits per heavy atom. The molecule has 2 rings (SSSR count). The van der Waals surface area contributed by atoms with E-state index in [9.17, 15) is 9.59 Å². The van der Waals surface area contributed by atoms with Crippen molar-refractivity contribution in [2.75, 3.05) is 14.2 Å². The van der Waals surface area contributed by atoms with Gasteiger partial charge in [-0.05, 0) is 49.2 Å². The quantitative estimate of drug-likeness (QED) is 0.597. The van der Waals surface area contributed by atoms with Crippen molar-refractivity contribution in [2.24, 2.45) is 0 Å². The number of hydrogen-bond acceptors (Lipinski definition) is 6. The zero-order valence-electron chi connectivity index (χ0n) is 15.8. The second kappa shape index (κ2) is 7.91. The van der Waals surface area contributed by atoms with E-state index in [-0.39, 0.29) is 11.5 Å². The number of methoxy groups -OCH3 is 2. The lowest BCUT2D eigenvalue weighted by Crippen LogP contribution is -2.07. The van der Waals surface area contributed by atoms with Crippen LogP contribution in [0.2, 0.25) is 0 Å². The zero-order chi connectivity index (χ0) is 19.4. The molecule has 2 aromatic carbocycles. The van der Waals surface area contributed by atoms with Gasteiger partial charge in [0.25, 0.3) is 0 Å². The monoisotopic (exact) mass is 358 g/mol. The fraction of sp³-hybridized carbons (Fsp3) is 0.300. The largest absolute Gasteiger partial charge is 0.493 e. The molecule has 0 aliphatic rings. The van der Waals surface area contributed by atoms with Crippen LogP contribution in [-0.2, 0) is 9.59 Å². The summed E-state index contributed by atoms with van der Waals surface area (Å²) >= 11 is 0. The summed E-state index contributed by atoms with van der Waals surface area (Å²) < 4.78 is 21.6. The lowest BCUT2D eigenvalue weighted by atomic mass is 9.98. The maximum absolute atomic E-state index is 11.6. The van der Waals surface area contributed by atoms with Crippen molar-refractivity contribution in [3.05, 3.63) is 35.4 Å². The Bertz CT molecular complexity index is 782. The number of rotatable bonds is 5. The third-order valence-electron chi connectivity index (χ3n) is 3.62. The molecule has 0 radical (unpaired) electrons. The molecule has 0 aromatic heterocycles. The molecule has 0 amide bonds. The van der Waals surface area contributed by atoms with Gasteiger partial charge in [-0.1, -0.05) is 0 Å². The van der Waals surface area contributed by atoms with Gasteiger partial charge in [-0.3, -0.25) is 9.59 Å². The molecule has 0 heterocycles. The smallest absolute Gasteiger partial charge is 0.308 e. The maximum Gasteiger partial charge on any atom is 0.308 e. The summed E-state index contributed by atoms with van der Waals surface area (Å²) in [6.45, 7) is 6.41. The van der Waals surface area contributed by atoms with Gasteiger partial charge in [0.1, 0.15) is 0 Å². The summed E-state index contributed by atoms with van der Waals surface area (Å²) in [6, 6.07) is 7.20. The van der Waals surface area contributed by atoms with Crippen LogP contribution < -0.4 is 18.9 Å². The van der Waals surface area contributed by atoms with Gasteiger partial charge in [0.05, 0.1) is 14.2 Å². The molecule has 0 atom stereocenters. The van der Waals surface area contributed by atoms with Crippen molar-refractivity contribution in [2.45, 2.75) is 27.7 Å². The van der Waals surface area contributed by atoms with E-state index in [0.717, 1.165) is 11.1 Å². The van der Waals surface area contributed by atoms with Gasteiger partial charge >= 0.3 is 11.9 Å². The Morgan fingerprint density at radius 2 is 1.04 bits per heavy atom. The van der Waals surface area contributed by atoms with E-state index < -0.39 is 11.9 Å². The first-order valence-electron chi connectivity index (χ1n) is 8.01. The van der Waals surface area contributed by atoms with E-state index in [1.165, 1.54) is 28.1 Å². The van der Waals surface area contributed by atoms with Crippen LogP contribution in [0.25, 0.3) is 11.1 Å². The third-order valence-corrected chi connectivity index (χ3v) is 3.62. The molecule has 0 spiro atoms. The first kappa shape index (κ1) is 19.3. The number of esters is 2. The van der Waals surface area contributed by atoms with Gasteiger partial charge in [-0.2, -0.15) is 0 Å². The fourth-order valence-corrected chi connectivity index (χ4v) is 2.68. The van der Waals surface area contributed by atoms with Crippen molar-refractivity contribution < 1.29 is 28.5 Å². The van der Waals surface area contributed by atoms with E-state index in [0.29, 0.717) is 22.6 Å². The SMILES string of the molecule is COc1cc(C)cc(-c2cc(C)cc(OC)c2OC(C)=O)c1OC(C)=O. The van der Waals surface area contributed by atoms with Gasteiger partial charge in [0.15, 0.2) is 23.0 Å². The van der Waals surface area contributed by atoms with Crippen molar-refractivity contribution in [3.63, 3.8) is 0 Å². The first-order chi connectivity index (χ1) is 12.3. The van der Waals surface area contributed by atoms with Crippen LogP contribution in [0.1, 0.15) is 25.0 Å². The number of aryl methyl sites for hydroxylation is 2. The number of ether oxygens (including phenoxy) is 4. The standard InChI is InChI=1S/C20H22O6/c1-11-7-15(19(25-13(3)21)17(9-11)23-5)16-8-12(2)10-18(24-6)20(16)26-14(4)22/h7-10H,1-6H3. The number of hydrogen-bond donors (Lipinski definition) is 0. The Kier molecular flexibility index (Phi) is 5.87. The Labute approximate surface area is 152 Å². The molecule has 0 aliphatic heterocycles. The van der Waals surface area contributed by atoms with Crippen LogP contribution in [0.5, 0.6) is 23.0 Å². The van der Waals surface area contributed by atoms with Gasteiger partial charge in [-0.15, -0.1) is 0 Å². The van der Waals surface area contributed by atoms with E-state index in [2.05, 4.69) is 0 Å². The fourth-order valence-electron chi connectivity index (χ4n) is 2.68. The maximum atomic E-state index is 11.6. The van der Waals surface area contributed by atoms with Crippen LogP contribution in [-0.4, -0.2) is 26.2 Å². The highest BCUT2D eigenvalue weighted by molar-refractivity contribution is 5.86. The minimum atomic E-state index is -0.484. The molecule has 2 aromatic rings. The van der Waals surface area contributed by atoms with Gasteiger partial charge in [-0.25, -0.2) is 0 Å². The van der Waals surface area contributed by atoms with Crippen LogP contribution in [0.3, 0.4) is 0 Å². The highest BCUT2D eigenvalue weighted by Gasteiger charge is 2.22. The van der Waals surface area contributed by atoms with Crippen molar-refractivity contribution in [3.8, 4) is 34.1 Å². The lowest BCUT2D eigenvalue weighted by molar-refractivity contribution is -0.133. The van der Waals surface area contributed by atoms with Gasteiger partial charge in [0.2, 0.25) is 0 Å². The average Bonchev–Trinajstić information content (AvgIpc) is 2.56. The molecule has 0 bridgehead atoms. The number of carbonyl (C=O) groups is 2. The normalized spacial score (nSPS) is 10.2. The third kappa shape index (κ3) is 4.14. The molecular weight excluding hydrogens is 336 g/mol. The van der Waals surface area contributed by atoms with Crippen LogP contribution in [0.4, 0.5) is 0 Å². The molecule has 0 saturated heterocycles. The highest BCUT2D eigenvalue weighted by atomic mass is 16.6. The number of benzene rings is 2. The second-order valence-corrected chi connectivity index (χ2v) is 5.88. The van der Waals surface area contributed by atoms with Crippen LogP contribution >= 0.6 is 0 Å². The van der Waals surface area contributed by atoms with E-state index in [4.69, 9.17) is 18.9 Å². The molecule has 0 fully saturated rings. The van der Waals surface area contributed by atoms with E-state index in [1.54, 1.807) is 12.1 Å². The summed E-state index contributed by atoms with van der Waals surface area (Å²) in [7, 11) is 2.99. The summed E-state index contributed by atoms with van der Waals surface area (Å²) in [5.41, 5.74) is 2.91. The molecule has 0 aliphatic carbocycles. The molecule has 6 nitrogen and oxygen atoms in total. The summed E-state index contributed by atoms with van der Waals surface area (Å²) in [6.07, 6.45) is 0. The lowest BCUT2D eigenvalue weighted by Gasteiger charge is -2.19. The Balaban J connectivity index is 2.85. The average molecular weight is 358 g/mol. The van der Waals surface area contributed by atoms with Gasteiger partial charge in [0, 0.05) is 25.0 Å². The second-order valence-electron chi connectivity index (χ2n) is 5.88. The molecule has 0 N–H and O–H groups in total. The topological polar surface area (TPSA) is 71.1 Å². The molecule has 0 unspecified atom stereocenters.